The van der Waals surface area contributed by atoms with Gasteiger partial charge in [0.1, 0.15) is 5.82 Å². The van der Waals surface area contributed by atoms with E-state index in [1.165, 1.54) is 16.7 Å². The highest BCUT2D eigenvalue weighted by Crippen LogP contribution is 2.24. The number of fused-ring (bicyclic) bond motifs is 1. The van der Waals surface area contributed by atoms with Crippen molar-refractivity contribution >= 4 is 11.8 Å². The van der Waals surface area contributed by atoms with Crippen molar-refractivity contribution in [3.63, 3.8) is 0 Å². The van der Waals surface area contributed by atoms with E-state index in [0.717, 1.165) is 103 Å². The predicted molar refractivity (Wildman–Crippen MR) is 136 cm³/mol. The van der Waals surface area contributed by atoms with E-state index in [0.29, 0.717) is 5.95 Å². The molecule has 0 amide bonds. The van der Waals surface area contributed by atoms with Crippen LogP contribution in [-0.2, 0) is 25.9 Å². The summed E-state index contributed by atoms with van der Waals surface area (Å²) in [6.45, 7) is 11.9. The van der Waals surface area contributed by atoms with Gasteiger partial charge in [-0.25, -0.2) is 4.98 Å². The van der Waals surface area contributed by atoms with E-state index < -0.39 is 0 Å². The number of piperazine rings is 1. The molecule has 7 nitrogen and oxygen atoms in total. The minimum absolute atomic E-state index is 0.390. The van der Waals surface area contributed by atoms with Gasteiger partial charge in [-0.1, -0.05) is 37.6 Å². The Balaban J connectivity index is 1.40. The molecule has 2 aliphatic heterocycles. The summed E-state index contributed by atoms with van der Waals surface area (Å²) in [5.74, 6) is 1.34. The van der Waals surface area contributed by atoms with Gasteiger partial charge in [-0.3, -0.25) is 4.90 Å². The molecule has 3 N–H and O–H groups in total. The maximum absolute atomic E-state index is 6.15. The molecule has 7 heteroatoms. The van der Waals surface area contributed by atoms with Crippen molar-refractivity contribution in [2.75, 3.05) is 63.9 Å². The summed E-state index contributed by atoms with van der Waals surface area (Å²) < 4.78 is 0. The Morgan fingerprint density at radius 1 is 0.909 bits per heavy atom. The van der Waals surface area contributed by atoms with Crippen LogP contribution >= 0.6 is 0 Å². The van der Waals surface area contributed by atoms with Gasteiger partial charge in [-0.15, -0.1) is 0 Å². The van der Waals surface area contributed by atoms with E-state index in [1.54, 1.807) is 0 Å². The monoisotopic (exact) mass is 451 g/mol. The number of nitrogens with two attached hydrogens (primary N) is 1. The largest absolute Gasteiger partial charge is 0.370 e. The average molecular weight is 452 g/mol. The fourth-order valence-corrected chi connectivity index (χ4v) is 4.93. The summed E-state index contributed by atoms with van der Waals surface area (Å²) in [5.41, 5.74) is 11.5. The topological polar surface area (TPSA) is 73.5 Å². The maximum atomic E-state index is 6.15. The summed E-state index contributed by atoms with van der Waals surface area (Å²) in [5, 5.41) is 3.57. The van der Waals surface area contributed by atoms with Gasteiger partial charge in [0.15, 0.2) is 0 Å². The Labute approximate surface area is 199 Å². The molecule has 1 fully saturated rings. The molecule has 3 heterocycles. The molecule has 0 spiro atoms. The van der Waals surface area contributed by atoms with Crippen molar-refractivity contribution in [3.8, 4) is 0 Å². The molecule has 1 aromatic carbocycles. The van der Waals surface area contributed by atoms with Crippen molar-refractivity contribution < 1.29 is 0 Å². The van der Waals surface area contributed by atoms with E-state index >= 15 is 0 Å². The number of benzene rings is 1. The molecule has 0 unspecified atom stereocenters. The van der Waals surface area contributed by atoms with Crippen molar-refractivity contribution in [3.05, 3.63) is 46.6 Å². The van der Waals surface area contributed by atoms with Crippen LogP contribution in [0.3, 0.4) is 0 Å². The molecule has 2 aromatic rings. The number of nitrogen functional groups attached to an aromatic ring is 1. The van der Waals surface area contributed by atoms with Crippen molar-refractivity contribution in [2.24, 2.45) is 0 Å². The van der Waals surface area contributed by atoms with Gasteiger partial charge in [-0.05, 0) is 44.0 Å². The van der Waals surface area contributed by atoms with Crippen LogP contribution in [0.5, 0.6) is 0 Å². The van der Waals surface area contributed by atoms with Gasteiger partial charge in [0.25, 0.3) is 0 Å². The van der Waals surface area contributed by atoms with Crippen LogP contribution in [0.25, 0.3) is 0 Å². The second-order valence-electron chi connectivity index (χ2n) is 9.61. The van der Waals surface area contributed by atoms with Gasteiger partial charge >= 0.3 is 0 Å². The normalized spacial score (nSPS) is 17.4. The van der Waals surface area contributed by atoms with E-state index in [2.05, 4.69) is 63.2 Å². The van der Waals surface area contributed by atoms with Gasteiger partial charge in [0.2, 0.25) is 5.95 Å². The highest BCUT2D eigenvalue weighted by atomic mass is 15.2. The highest BCUT2D eigenvalue weighted by Gasteiger charge is 2.20. The SMILES string of the molecule is CCCCNc1nc(N)nc(CCN2CCN(C)CC2)c1CCCN1Cc2ccccc2C1. The molecule has 0 radical (unpaired) electrons. The third-order valence-corrected chi connectivity index (χ3v) is 7.00. The molecule has 1 aromatic heterocycles. The number of anilines is 2. The lowest BCUT2D eigenvalue weighted by Crippen LogP contribution is -2.45. The lowest BCUT2D eigenvalue weighted by Gasteiger charge is -2.32. The lowest BCUT2D eigenvalue weighted by molar-refractivity contribution is 0.155. The summed E-state index contributed by atoms with van der Waals surface area (Å²) in [6.07, 6.45) is 5.31. The molecular formula is C26H41N7. The number of unbranched alkanes of at least 4 members (excludes halogenated alkanes) is 1. The van der Waals surface area contributed by atoms with E-state index in [9.17, 15) is 0 Å². The van der Waals surface area contributed by atoms with Crippen molar-refractivity contribution in [1.82, 2.24) is 24.7 Å². The first kappa shape index (κ1) is 23.9. The Bertz CT molecular complexity index is 867. The Morgan fingerprint density at radius 3 is 2.33 bits per heavy atom. The van der Waals surface area contributed by atoms with E-state index in [4.69, 9.17) is 10.7 Å². The van der Waals surface area contributed by atoms with Gasteiger partial charge in [0, 0.05) is 64.3 Å². The quantitative estimate of drug-likeness (QED) is 0.509. The predicted octanol–water partition coefficient (Wildman–Crippen LogP) is 3.01. The minimum Gasteiger partial charge on any atom is -0.370 e. The Kier molecular flexibility index (Phi) is 8.53. The standard InChI is InChI=1S/C26H41N7/c1-3-4-12-28-25-23(10-7-13-33-19-21-8-5-6-9-22(21)20-33)24(29-26(27)30-25)11-14-32-17-15-31(2)16-18-32/h5-6,8-9H,3-4,7,10-20H2,1-2H3,(H3,27,28,29,30). The summed E-state index contributed by atoms with van der Waals surface area (Å²) in [7, 11) is 2.20. The molecule has 180 valence electrons. The first-order valence-electron chi connectivity index (χ1n) is 12.7. The van der Waals surface area contributed by atoms with Gasteiger partial charge < -0.3 is 20.9 Å². The molecule has 0 aliphatic carbocycles. The first-order valence-corrected chi connectivity index (χ1v) is 12.7. The molecule has 2 aliphatic rings. The molecule has 33 heavy (non-hydrogen) atoms. The number of hydrogen-bond donors (Lipinski definition) is 2. The first-order chi connectivity index (χ1) is 16.1. The van der Waals surface area contributed by atoms with Crippen LogP contribution in [-0.4, -0.2) is 77.5 Å². The molecule has 4 rings (SSSR count). The van der Waals surface area contributed by atoms with Crippen molar-refractivity contribution in [2.45, 2.75) is 52.1 Å². The molecular weight excluding hydrogens is 410 g/mol. The van der Waals surface area contributed by atoms with Crippen LogP contribution in [0.2, 0.25) is 0 Å². The van der Waals surface area contributed by atoms with Crippen LogP contribution < -0.4 is 11.1 Å². The molecule has 0 atom stereocenters. The van der Waals surface area contributed by atoms with Crippen LogP contribution in [0.1, 0.15) is 48.6 Å². The number of nitrogens with zero attached hydrogens (tertiary/aromatic N) is 5. The molecule has 1 saturated heterocycles. The second kappa shape index (κ2) is 11.8. The third-order valence-electron chi connectivity index (χ3n) is 7.00. The number of aromatic nitrogens is 2. The second-order valence-corrected chi connectivity index (χ2v) is 9.61. The average Bonchev–Trinajstić information content (AvgIpc) is 3.23. The minimum atomic E-state index is 0.390. The number of likely N-dealkylation sites (N-methyl/N-ethyl adjacent to an activating group) is 1. The Morgan fingerprint density at radius 2 is 1.64 bits per heavy atom. The zero-order valence-corrected chi connectivity index (χ0v) is 20.5. The zero-order valence-electron chi connectivity index (χ0n) is 20.5. The fourth-order valence-electron chi connectivity index (χ4n) is 4.93. The maximum Gasteiger partial charge on any atom is 0.222 e. The zero-order chi connectivity index (χ0) is 23.0. The van der Waals surface area contributed by atoms with Crippen molar-refractivity contribution in [1.29, 1.82) is 0 Å². The van der Waals surface area contributed by atoms with Crippen LogP contribution in [0.4, 0.5) is 11.8 Å². The van der Waals surface area contributed by atoms with Crippen LogP contribution in [0, 0.1) is 0 Å². The molecule has 0 bridgehead atoms. The third kappa shape index (κ3) is 6.65. The molecule has 0 saturated carbocycles. The van der Waals surface area contributed by atoms with Gasteiger partial charge in [0.05, 0.1) is 5.69 Å². The van der Waals surface area contributed by atoms with E-state index in [1.807, 2.05) is 0 Å². The number of rotatable bonds is 11. The number of hydrogen-bond acceptors (Lipinski definition) is 7. The van der Waals surface area contributed by atoms with Gasteiger partial charge in [-0.2, -0.15) is 4.98 Å². The number of nitrogens with one attached hydrogen (secondary N) is 1. The Hall–Kier alpha value is -2.22. The summed E-state index contributed by atoms with van der Waals surface area (Å²) in [6, 6.07) is 8.81. The highest BCUT2D eigenvalue weighted by molar-refractivity contribution is 5.50. The summed E-state index contributed by atoms with van der Waals surface area (Å²) >= 11 is 0. The smallest absolute Gasteiger partial charge is 0.222 e. The van der Waals surface area contributed by atoms with Crippen LogP contribution in [0.15, 0.2) is 24.3 Å². The summed E-state index contributed by atoms with van der Waals surface area (Å²) in [4.78, 5) is 16.8. The van der Waals surface area contributed by atoms with E-state index in [-0.39, 0.29) is 0 Å². The lowest BCUT2D eigenvalue weighted by atomic mass is 10.0. The fraction of sp³-hybridized carbons (Fsp3) is 0.615.